The summed E-state index contributed by atoms with van der Waals surface area (Å²) in [6.07, 6.45) is 11.2. The van der Waals surface area contributed by atoms with Crippen LogP contribution in [0.2, 0.25) is 0 Å². The summed E-state index contributed by atoms with van der Waals surface area (Å²) in [7, 11) is 1.57. The van der Waals surface area contributed by atoms with Gasteiger partial charge in [0.15, 0.2) is 0 Å². The molecule has 238 valence electrons. The minimum atomic E-state index is -0.640. The molecule has 5 aliphatic heterocycles. The molecule has 10 heteroatoms. The molecule has 5 rings (SSSR count). The summed E-state index contributed by atoms with van der Waals surface area (Å²) in [4.78, 5) is 47.4. The first-order valence-electron chi connectivity index (χ1n) is 16.3. The molecule has 5 aliphatic rings. The smallest absolute Gasteiger partial charge is 0.250 e. The average Bonchev–Trinajstić information content (AvgIpc) is 2.96. The lowest BCUT2D eigenvalue weighted by Gasteiger charge is -2.48. The van der Waals surface area contributed by atoms with Crippen LogP contribution in [0.5, 0.6) is 0 Å². The van der Waals surface area contributed by atoms with Gasteiger partial charge in [-0.2, -0.15) is 0 Å². The van der Waals surface area contributed by atoms with Crippen molar-refractivity contribution in [2.75, 3.05) is 33.3 Å². The molecule has 5 heterocycles. The first kappa shape index (κ1) is 31.4. The van der Waals surface area contributed by atoms with Crippen LogP contribution in [0, 0.1) is 5.92 Å². The maximum Gasteiger partial charge on any atom is 0.250 e. The minimum absolute atomic E-state index is 0.0120. The number of ether oxygens (including phenoxy) is 1. The van der Waals surface area contributed by atoms with E-state index in [0.717, 1.165) is 82.5 Å². The molecule has 2 saturated heterocycles. The van der Waals surface area contributed by atoms with Gasteiger partial charge in [0.2, 0.25) is 11.8 Å². The second-order valence-corrected chi connectivity index (χ2v) is 13.6. The number of amides is 3. The number of carbonyl (C=O) groups excluding carboxylic acids is 3. The lowest BCUT2D eigenvalue weighted by Crippen LogP contribution is -2.56. The number of aliphatic hydroxyl groups excluding tert-OH is 1. The van der Waals surface area contributed by atoms with E-state index in [4.69, 9.17) is 4.74 Å². The summed E-state index contributed by atoms with van der Waals surface area (Å²) >= 11 is 0. The van der Waals surface area contributed by atoms with Gasteiger partial charge >= 0.3 is 0 Å². The van der Waals surface area contributed by atoms with E-state index in [9.17, 15) is 19.5 Å². The third-order valence-corrected chi connectivity index (χ3v) is 10.0. The zero-order valence-corrected chi connectivity index (χ0v) is 26.6. The highest BCUT2D eigenvalue weighted by Crippen LogP contribution is 2.33. The lowest BCUT2D eigenvalue weighted by atomic mass is 9.92. The Balaban J connectivity index is 1.15. The molecule has 10 nitrogen and oxygen atoms in total. The Kier molecular flexibility index (Phi) is 9.73. The van der Waals surface area contributed by atoms with Crippen LogP contribution < -0.4 is 5.32 Å². The van der Waals surface area contributed by atoms with Crippen LogP contribution in [0.1, 0.15) is 79.1 Å². The predicted molar refractivity (Wildman–Crippen MR) is 164 cm³/mol. The largest absolute Gasteiger partial charge is 0.501 e. The lowest BCUT2D eigenvalue weighted by molar-refractivity contribution is -0.137. The molecule has 0 aliphatic carbocycles. The van der Waals surface area contributed by atoms with Crippen LogP contribution >= 0.6 is 0 Å². The number of methoxy groups -OCH3 is 1. The number of piperidine rings is 2. The van der Waals surface area contributed by atoms with Gasteiger partial charge in [0.25, 0.3) is 5.91 Å². The van der Waals surface area contributed by atoms with Crippen molar-refractivity contribution in [1.82, 2.24) is 24.9 Å². The van der Waals surface area contributed by atoms with Crippen LogP contribution in [0.15, 0.2) is 35.4 Å². The fourth-order valence-electron chi connectivity index (χ4n) is 7.94. The Morgan fingerprint density at radius 2 is 1.40 bits per heavy atom. The standard InChI is InChI=1S/C33H51N5O5/c1-21(2)14-24-16-28(17-31(40)34-24)36-10-6-25(7-11-36)37-22(3)15-27(18-32(37)41)35-12-8-26(9-13-35)38-30(23(4)39)19-29(43-5)20-33(38)42/h17-18,20-26,30,39H,6-16,19H2,1-5H3,(H,34,40)/t22-,23+,24?,30?/m0/s1. The molecule has 0 saturated carbocycles. The SMILES string of the molecule is COC1=CC(=O)N(C2CCN(C3=CC(=O)N(C4CCN(C5=CC(=O)NC(CC(C)C)C5)CC4)[C@@H](C)C3)CC2)C([C@@H](C)O)C1. The summed E-state index contributed by atoms with van der Waals surface area (Å²) in [6, 6.07) is 0.301. The summed E-state index contributed by atoms with van der Waals surface area (Å²) in [5.41, 5.74) is 2.23. The fourth-order valence-corrected chi connectivity index (χ4v) is 7.94. The highest BCUT2D eigenvalue weighted by atomic mass is 16.5. The molecule has 43 heavy (non-hydrogen) atoms. The normalized spacial score (nSPS) is 29.0. The van der Waals surface area contributed by atoms with Crippen molar-refractivity contribution in [2.45, 2.75) is 115 Å². The van der Waals surface area contributed by atoms with E-state index in [2.05, 4.69) is 40.8 Å². The number of nitrogens with one attached hydrogen (secondary N) is 1. The molecule has 2 N–H and O–H groups in total. The molecule has 0 aromatic heterocycles. The van der Waals surface area contributed by atoms with E-state index in [1.807, 2.05) is 11.0 Å². The average molecular weight is 598 g/mol. The van der Waals surface area contributed by atoms with Crippen molar-refractivity contribution in [3.05, 3.63) is 35.4 Å². The highest BCUT2D eigenvalue weighted by molar-refractivity contribution is 5.90. The Hall–Kier alpha value is -3.01. The van der Waals surface area contributed by atoms with Crippen molar-refractivity contribution in [3.8, 4) is 0 Å². The number of likely N-dealkylation sites (tertiary alicyclic amines) is 2. The number of nitrogens with zero attached hydrogens (tertiary/aromatic N) is 4. The predicted octanol–water partition coefficient (Wildman–Crippen LogP) is 2.75. The van der Waals surface area contributed by atoms with Crippen LogP contribution in [0.25, 0.3) is 0 Å². The number of carbonyl (C=O) groups is 3. The third kappa shape index (κ3) is 7.05. The Bertz CT molecular complexity index is 1150. The van der Waals surface area contributed by atoms with E-state index in [0.29, 0.717) is 18.1 Å². The van der Waals surface area contributed by atoms with Gasteiger partial charge in [-0.15, -0.1) is 0 Å². The molecule has 0 bridgehead atoms. The van der Waals surface area contributed by atoms with Crippen molar-refractivity contribution in [2.24, 2.45) is 5.92 Å². The first-order valence-corrected chi connectivity index (χ1v) is 16.3. The molecule has 0 aromatic carbocycles. The first-order chi connectivity index (χ1) is 20.5. The van der Waals surface area contributed by atoms with Crippen molar-refractivity contribution < 1.29 is 24.2 Å². The number of hydrogen-bond acceptors (Lipinski definition) is 7. The molecule has 2 unspecified atom stereocenters. The number of aliphatic hydroxyl groups is 1. The van der Waals surface area contributed by atoms with Crippen molar-refractivity contribution in [1.29, 1.82) is 0 Å². The van der Waals surface area contributed by atoms with Gasteiger partial charge in [0, 0.05) is 99.2 Å². The summed E-state index contributed by atoms with van der Waals surface area (Å²) < 4.78 is 5.33. The maximum atomic E-state index is 13.5. The van der Waals surface area contributed by atoms with E-state index in [-0.39, 0.29) is 47.9 Å². The Morgan fingerprint density at radius 3 is 1.93 bits per heavy atom. The monoisotopic (exact) mass is 597 g/mol. The van der Waals surface area contributed by atoms with E-state index in [1.54, 1.807) is 26.2 Å². The zero-order valence-electron chi connectivity index (χ0n) is 26.6. The fraction of sp³-hybridized carbons (Fsp3) is 0.727. The van der Waals surface area contributed by atoms with Gasteiger partial charge in [-0.3, -0.25) is 14.4 Å². The molecule has 4 atom stereocenters. The van der Waals surface area contributed by atoms with Crippen molar-refractivity contribution >= 4 is 17.7 Å². The van der Waals surface area contributed by atoms with Gasteiger partial charge in [0.05, 0.1) is 19.3 Å². The number of hydrogen-bond donors (Lipinski definition) is 2. The Labute approximate surface area is 256 Å². The second kappa shape index (κ2) is 13.3. The van der Waals surface area contributed by atoms with Gasteiger partial charge in [-0.05, 0) is 51.9 Å². The minimum Gasteiger partial charge on any atom is -0.501 e. The summed E-state index contributed by atoms with van der Waals surface area (Å²) in [6.45, 7) is 11.6. The van der Waals surface area contributed by atoms with E-state index < -0.39 is 6.10 Å². The van der Waals surface area contributed by atoms with Gasteiger partial charge in [-0.25, -0.2) is 0 Å². The third-order valence-electron chi connectivity index (χ3n) is 10.0. The van der Waals surface area contributed by atoms with E-state index in [1.165, 1.54) is 0 Å². The number of rotatable bonds is 8. The summed E-state index contributed by atoms with van der Waals surface area (Å²) in [5.74, 6) is 1.18. The molecular weight excluding hydrogens is 546 g/mol. The van der Waals surface area contributed by atoms with E-state index >= 15 is 0 Å². The molecule has 0 radical (unpaired) electrons. The second-order valence-electron chi connectivity index (χ2n) is 13.6. The van der Waals surface area contributed by atoms with Gasteiger partial charge in [0.1, 0.15) is 5.76 Å². The topological polar surface area (TPSA) is 106 Å². The summed E-state index contributed by atoms with van der Waals surface area (Å²) in [5, 5.41) is 13.5. The van der Waals surface area contributed by atoms with Crippen LogP contribution in [-0.2, 0) is 19.1 Å². The highest BCUT2D eigenvalue weighted by Gasteiger charge is 2.40. The van der Waals surface area contributed by atoms with Gasteiger partial charge in [-0.1, -0.05) is 13.8 Å². The Morgan fingerprint density at radius 1 is 0.837 bits per heavy atom. The molecule has 2 fully saturated rings. The molecular formula is C33H51N5O5. The van der Waals surface area contributed by atoms with Crippen LogP contribution in [0.3, 0.4) is 0 Å². The van der Waals surface area contributed by atoms with Crippen molar-refractivity contribution in [3.63, 3.8) is 0 Å². The quantitative estimate of drug-likeness (QED) is 0.443. The molecule has 0 spiro atoms. The van der Waals surface area contributed by atoms with Crippen LogP contribution in [0.4, 0.5) is 0 Å². The maximum absolute atomic E-state index is 13.5. The molecule has 0 aromatic rings. The molecule has 3 amide bonds. The van der Waals surface area contributed by atoms with Gasteiger partial charge < -0.3 is 34.8 Å². The van der Waals surface area contributed by atoms with Crippen LogP contribution in [-0.4, -0.2) is 112 Å². The zero-order chi connectivity index (χ0) is 30.8.